The van der Waals surface area contributed by atoms with E-state index in [1.54, 1.807) is 38.1 Å². The molecule has 106 valence electrons. The summed E-state index contributed by atoms with van der Waals surface area (Å²) in [6.07, 6.45) is -0.0459. The molecule has 0 saturated carbocycles. The number of benzene rings is 1. The third-order valence-corrected chi connectivity index (χ3v) is 3.11. The first-order chi connectivity index (χ1) is 9.27. The van der Waals surface area contributed by atoms with Gasteiger partial charge >= 0.3 is 0 Å². The van der Waals surface area contributed by atoms with Crippen molar-refractivity contribution < 1.29 is 19.5 Å². The molecule has 1 aromatic rings. The van der Waals surface area contributed by atoms with Crippen LogP contribution >= 0.6 is 0 Å². The van der Waals surface area contributed by atoms with Gasteiger partial charge in [0.2, 0.25) is 11.8 Å². The number of hydrogen-bond donors (Lipinski definition) is 3. The molecule has 1 atom stereocenters. The maximum absolute atomic E-state index is 12.0. The van der Waals surface area contributed by atoms with Gasteiger partial charge in [-0.1, -0.05) is 12.1 Å². The monoisotopic (exact) mass is 276 g/mol. The maximum Gasteiger partial charge on any atom is 0.251 e. The molecule has 3 amide bonds. The van der Waals surface area contributed by atoms with Gasteiger partial charge in [-0.25, -0.2) is 0 Å². The molecule has 1 aromatic carbocycles. The van der Waals surface area contributed by atoms with Crippen LogP contribution in [0.15, 0.2) is 24.3 Å². The van der Waals surface area contributed by atoms with Crippen LogP contribution in [0.1, 0.15) is 36.2 Å². The fraction of sp³-hybridized carbons (Fsp3) is 0.357. The Kier molecular flexibility index (Phi) is 3.59. The Hall–Kier alpha value is -2.21. The molecule has 1 aliphatic rings. The zero-order chi connectivity index (χ0) is 14.9. The normalized spacial score (nSPS) is 18.9. The minimum absolute atomic E-state index is 0.0459. The smallest absolute Gasteiger partial charge is 0.251 e. The SMILES string of the molecule is CC(C)(O)c1cccc(C(=O)NC2CC(=O)NC2=O)c1. The number of imide groups is 1. The number of amides is 3. The molecular formula is C14H16N2O4. The fourth-order valence-corrected chi connectivity index (χ4v) is 1.95. The molecule has 1 aliphatic heterocycles. The summed E-state index contributed by atoms with van der Waals surface area (Å²) < 4.78 is 0. The van der Waals surface area contributed by atoms with E-state index in [-0.39, 0.29) is 6.42 Å². The fourth-order valence-electron chi connectivity index (χ4n) is 1.95. The average Bonchev–Trinajstić information content (AvgIpc) is 2.67. The largest absolute Gasteiger partial charge is 0.386 e. The van der Waals surface area contributed by atoms with Gasteiger partial charge in [-0.05, 0) is 31.5 Å². The third-order valence-electron chi connectivity index (χ3n) is 3.11. The summed E-state index contributed by atoms with van der Waals surface area (Å²) in [6, 6.07) is 5.68. The van der Waals surface area contributed by atoms with Gasteiger partial charge in [0.1, 0.15) is 6.04 Å². The molecule has 1 heterocycles. The highest BCUT2D eigenvalue weighted by molar-refractivity contribution is 6.08. The van der Waals surface area contributed by atoms with Crippen LogP contribution < -0.4 is 10.6 Å². The quantitative estimate of drug-likeness (QED) is 0.680. The Labute approximate surface area is 116 Å². The summed E-state index contributed by atoms with van der Waals surface area (Å²) in [7, 11) is 0. The Morgan fingerprint density at radius 3 is 2.65 bits per heavy atom. The summed E-state index contributed by atoms with van der Waals surface area (Å²) in [4.78, 5) is 34.5. The first-order valence-electron chi connectivity index (χ1n) is 6.25. The molecule has 0 aliphatic carbocycles. The molecule has 3 N–H and O–H groups in total. The highest BCUT2D eigenvalue weighted by Gasteiger charge is 2.32. The molecule has 1 fully saturated rings. The van der Waals surface area contributed by atoms with E-state index in [1.165, 1.54) is 0 Å². The lowest BCUT2D eigenvalue weighted by Crippen LogP contribution is -2.40. The number of carbonyl (C=O) groups is 3. The van der Waals surface area contributed by atoms with E-state index in [9.17, 15) is 19.5 Å². The van der Waals surface area contributed by atoms with Gasteiger partial charge in [0.25, 0.3) is 5.91 Å². The predicted octanol–water partition coefficient (Wildman–Crippen LogP) is 0.0589. The van der Waals surface area contributed by atoms with E-state index in [0.29, 0.717) is 11.1 Å². The first-order valence-corrected chi connectivity index (χ1v) is 6.25. The second-order valence-electron chi connectivity index (χ2n) is 5.28. The van der Waals surface area contributed by atoms with Crippen LogP contribution in [0, 0.1) is 0 Å². The molecule has 0 aromatic heterocycles. The minimum atomic E-state index is -1.06. The number of rotatable bonds is 3. The van der Waals surface area contributed by atoms with Crippen molar-refractivity contribution in [1.82, 2.24) is 10.6 Å². The van der Waals surface area contributed by atoms with Gasteiger partial charge < -0.3 is 10.4 Å². The van der Waals surface area contributed by atoms with Crippen LogP contribution in [0.4, 0.5) is 0 Å². The van der Waals surface area contributed by atoms with E-state index in [2.05, 4.69) is 10.6 Å². The van der Waals surface area contributed by atoms with Crippen LogP contribution in [-0.4, -0.2) is 28.9 Å². The van der Waals surface area contributed by atoms with Crippen molar-refractivity contribution in [2.75, 3.05) is 0 Å². The lowest BCUT2D eigenvalue weighted by atomic mass is 9.96. The van der Waals surface area contributed by atoms with E-state index in [0.717, 1.165) is 0 Å². The van der Waals surface area contributed by atoms with Crippen LogP contribution in [0.3, 0.4) is 0 Å². The second-order valence-corrected chi connectivity index (χ2v) is 5.28. The van der Waals surface area contributed by atoms with E-state index in [1.807, 2.05) is 0 Å². The van der Waals surface area contributed by atoms with Crippen LogP contribution in [0.2, 0.25) is 0 Å². The first kappa shape index (κ1) is 14.2. The molecule has 20 heavy (non-hydrogen) atoms. The highest BCUT2D eigenvalue weighted by Crippen LogP contribution is 2.20. The molecular weight excluding hydrogens is 260 g/mol. The molecule has 2 rings (SSSR count). The van der Waals surface area contributed by atoms with E-state index >= 15 is 0 Å². The summed E-state index contributed by atoms with van der Waals surface area (Å²) in [6.45, 7) is 3.24. The molecule has 1 unspecified atom stereocenters. The number of carbonyl (C=O) groups excluding carboxylic acids is 3. The number of hydrogen-bond acceptors (Lipinski definition) is 4. The zero-order valence-electron chi connectivity index (χ0n) is 11.3. The molecule has 6 nitrogen and oxygen atoms in total. The predicted molar refractivity (Wildman–Crippen MR) is 70.7 cm³/mol. The standard InChI is InChI=1S/C14H16N2O4/c1-14(2,20)9-5-3-4-8(6-9)12(18)15-10-7-11(17)16-13(10)19/h3-6,10,20H,7H2,1-2H3,(H,15,18)(H,16,17,19). The zero-order valence-corrected chi connectivity index (χ0v) is 11.3. The van der Waals surface area contributed by atoms with Crippen molar-refractivity contribution >= 4 is 17.7 Å². The third kappa shape index (κ3) is 3.03. The van der Waals surface area contributed by atoms with Crippen molar-refractivity contribution in [3.63, 3.8) is 0 Å². The molecule has 0 bridgehead atoms. The van der Waals surface area contributed by atoms with Gasteiger partial charge in [-0.15, -0.1) is 0 Å². The highest BCUT2D eigenvalue weighted by atomic mass is 16.3. The van der Waals surface area contributed by atoms with Crippen molar-refractivity contribution in [2.45, 2.75) is 31.9 Å². The van der Waals surface area contributed by atoms with Gasteiger partial charge in [0.05, 0.1) is 12.0 Å². The maximum atomic E-state index is 12.0. The Morgan fingerprint density at radius 2 is 2.10 bits per heavy atom. The lowest BCUT2D eigenvalue weighted by molar-refractivity contribution is -0.125. The summed E-state index contributed by atoms with van der Waals surface area (Å²) in [5, 5.41) is 14.5. The van der Waals surface area contributed by atoms with E-state index < -0.39 is 29.4 Å². The summed E-state index contributed by atoms with van der Waals surface area (Å²) in [5.74, 6) is -1.35. The van der Waals surface area contributed by atoms with Crippen molar-refractivity contribution in [3.8, 4) is 0 Å². The summed E-state index contributed by atoms with van der Waals surface area (Å²) >= 11 is 0. The van der Waals surface area contributed by atoms with Gasteiger partial charge in [0.15, 0.2) is 0 Å². The Bertz CT molecular complexity index is 575. The van der Waals surface area contributed by atoms with Gasteiger partial charge in [-0.3, -0.25) is 19.7 Å². The van der Waals surface area contributed by atoms with Crippen molar-refractivity contribution in [1.29, 1.82) is 0 Å². The van der Waals surface area contributed by atoms with Crippen molar-refractivity contribution in [3.05, 3.63) is 35.4 Å². The van der Waals surface area contributed by atoms with Crippen molar-refractivity contribution in [2.24, 2.45) is 0 Å². The van der Waals surface area contributed by atoms with Gasteiger partial charge in [-0.2, -0.15) is 0 Å². The van der Waals surface area contributed by atoms with E-state index in [4.69, 9.17) is 0 Å². The number of aliphatic hydroxyl groups is 1. The molecule has 6 heteroatoms. The topological polar surface area (TPSA) is 95.5 Å². The lowest BCUT2D eigenvalue weighted by Gasteiger charge is -2.18. The minimum Gasteiger partial charge on any atom is -0.386 e. The second kappa shape index (κ2) is 5.05. The Morgan fingerprint density at radius 1 is 1.40 bits per heavy atom. The molecule has 1 saturated heterocycles. The molecule has 0 radical (unpaired) electrons. The molecule has 0 spiro atoms. The van der Waals surface area contributed by atoms with Crippen LogP contribution in [0.5, 0.6) is 0 Å². The average molecular weight is 276 g/mol. The van der Waals surface area contributed by atoms with Gasteiger partial charge in [0, 0.05) is 5.56 Å². The van der Waals surface area contributed by atoms with Crippen LogP contribution in [-0.2, 0) is 15.2 Å². The summed E-state index contributed by atoms with van der Waals surface area (Å²) in [5.41, 5.74) is -0.134. The van der Waals surface area contributed by atoms with Crippen LogP contribution in [0.25, 0.3) is 0 Å². The number of nitrogens with one attached hydrogen (secondary N) is 2. The Balaban J connectivity index is 2.14.